The number of carbonyl (C=O) groups excluding carboxylic acids is 2. The fourth-order valence-corrected chi connectivity index (χ4v) is 4.26. The zero-order valence-electron chi connectivity index (χ0n) is 17.0. The van der Waals surface area contributed by atoms with Crippen LogP contribution >= 0.6 is 23.4 Å². The van der Waals surface area contributed by atoms with Crippen molar-refractivity contribution < 1.29 is 18.7 Å². The lowest BCUT2D eigenvalue weighted by Gasteiger charge is -2.13. The molecule has 0 unspecified atom stereocenters. The third-order valence-corrected chi connectivity index (χ3v) is 6.16. The molecule has 0 spiro atoms. The zero-order valence-corrected chi connectivity index (χ0v) is 18.5. The topological polar surface area (TPSA) is 46.6 Å². The molecular formula is C25H19ClFNO3S. The van der Waals surface area contributed by atoms with E-state index in [-0.39, 0.29) is 16.8 Å². The van der Waals surface area contributed by atoms with Gasteiger partial charge >= 0.3 is 0 Å². The number of halogens is 2. The molecule has 1 heterocycles. The number of thioether (sulfide) groups is 1. The van der Waals surface area contributed by atoms with Crippen LogP contribution in [0.1, 0.15) is 16.7 Å². The number of carbonyl (C=O) groups is 2. The number of imide groups is 1. The quantitative estimate of drug-likeness (QED) is 0.380. The van der Waals surface area contributed by atoms with E-state index in [4.69, 9.17) is 16.3 Å². The molecule has 2 amide bonds. The normalized spacial score (nSPS) is 14.9. The van der Waals surface area contributed by atoms with Gasteiger partial charge in [0.25, 0.3) is 11.1 Å². The summed E-state index contributed by atoms with van der Waals surface area (Å²) in [6.45, 7) is 0.559. The molecule has 1 aliphatic rings. The van der Waals surface area contributed by atoms with Crippen LogP contribution in [0, 0.1) is 5.82 Å². The first-order valence-corrected chi connectivity index (χ1v) is 11.1. The van der Waals surface area contributed by atoms with Crippen LogP contribution in [0.3, 0.4) is 0 Å². The van der Waals surface area contributed by atoms with E-state index in [0.29, 0.717) is 17.1 Å². The Labute approximate surface area is 194 Å². The average molecular weight is 468 g/mol. The van der Waals surface area contributed by atoms with E-state index in [1.807, 2.05) is 42.5 Å². The van der Waals surface area contributed by atoms with Crippen molar-refractivity contribution in [3.63, 3.8) is 0 Å². The molecule has 4 nitrogen and oxygen atoms in total. The fraction of sp³-hybridized carbons (Fsp3) is 0.120. The van der Waals surface area contributed by atoms with Crippen LogP contribution in [-0.4, -0.2) is 22.7 Å². The van der Waals surface area contributed by atoms with Crippen LogP contribution in [-0.2, 0) is 17.8 Å². The van der Waals surface area contributed by atoms with E-state index in [2.05, 4.69) is 12.1 Å². The molecule has 0 N–H and O–H groups in total. The summed E-state index contributed by atoms with van der Waals surface area (Å²) in [5.74, 6) is -0.138. The van der Waals surface area contributed by atoms with Gasteiger partial charge in [0.15, 0.2) is 0 Å². The van der Waals surface area contributed by atoms with Gasteiger partial charge in [-0.1, -0.05) is 60.1 Å². The summed E-state index contributed by atoms with van der Waals surface area (Å²) in [5.41, 5.74) is 2.50. The summed E-state index contributed by atoms with van der Waals surface area (Å²) in [7, 11) is 0. The highest BCUT2D eigenvalue weighted by Crippen LogP contribution is 2.34. The van der Waals surface area contributed by atoms with Crippen molar-refractivity contribution in [1.29, 1.82) is 0 Å². The lowest BCUT2D eigenvalue weighted by Crippen LogP contribution is -2.27. The van der Waals surface area contributed by atoms with E-state index in [9.17, 15) is 14.0 Å². The molecule has 3 aromatic rings. The molecule has 0 aliphatic carbocycles. The van der Waals surface area contributed by atoms with E-state index in [1.165, 1.54) is 17.7 Å². The summed E-state index contributed by atoms with van der Waals surface area (Å²) in [6, 6.07) is 21.3. The highest BCUT2D eigenvalue weighted by atomic mass is 35.5. The molecule has 0 saturated carbocycles. The lowest BCUT2D eigenvalue weighted by atomic mass is 10.1. The smallest absolute Gasteiger partial charge is 0.293 e. The monoisotopic (exact) mass is 467 g/mol. The van der Waals surface area contributed by atoms with Crippen LogP contribution in [0.25, 0.3) is 6.08 Å². The van der Waals surface area contributed by atoms with Crippen molar-refractivity contribution in [3.05, 3.63) is 105 Å². The summed E-state index contributed by atoms with van der Waals surface area (Å²) in [6.07, 6.45) is 2.48. The first-order chi connectivity index (χ1) is 15.5. The van der Waals surface area contributed by atoms with Crippen LogP contribution in [0.15, 0.2) is 77.7 Å². The molecular weight excluding hydrogens is 449 g/mol. The molecule has 4 rings (SSSR count). The van der Waals surface area contributed by atoms with Crippen molar-refractivity contribution in [1.82, 2.24) is 4.90 Å². The molecule has 1 fully saturated rings. The van der Waals surface area contributed by atoms with Crippen molar-refractivity contribution in [2.45, 2.75) is 13.0 Å². The lowest BCUT2D eigenvalue weighted by molar-refractivity contribution is -0.123. The maximum Gasteiger partial charge on any atom is 0.293 e. The second kappa shape index (κ2) is 10.0. The Morgan fingerprint density at radius 1 is 1.00 bits per heavy atom. The van der Waals surface area contributed by atoms with Crippen LogP contribution in [0.4, 0.5) is 9.18 Å². The minimum absolute atomic E-state index is 0.00465. The molecule has 162 valence electrons. The number of amides is 2. The molecule has 3 aromatic carbocycles. The molecule has 1 saturated heterocycles. The first-order valence-electron chi connectivity index (χ1n) is 9.96. The Morgan fingerprint density at radius 2 is 1.75 bits per heavy atom. The third-order valence-electron chi connectivity index (χ3n) is 4.90. The largest absolute Gasteiger partial charge is 0.493 e. The van der Waals surface area contributed by atoms with E-state index < -0.39 is 11.7 Å². The number of hydrogen-bond acceptors (Lipinski definition) is 4. The molecule has 32 heavy (non-hydrogen) atoms. The maximum absolute atomic E-state index is 13.2. The van der Waals surface area contributed by atoms with Gasteiger partial charge in [0, 0.05) is 11.4 Å². The molecule has 1 aliphatic heterocycles. The average Bonchev–Trinajstić information content (AvgIpc) is 3.05. The zero-order chi connectivity index (χ0) is 22.5. The number of nitrogens with zero attached hydrogens (tertiary/aromatic N) is 1. The van der Waals surface area contributed by atoms with Crippen LogP contribution in [0.5, 0.6) is 5.75 Å². The second-order valence-corrected chi connectivity index (χ2v) is 8.56. The van der Waals surface area contributed by atoms with E-state index in [1.54, 1.807) is 6.08 Å². The summed E-state index contributed by atoms with van der Waals surface area (Å²) >= 11 is 6.90. The van der Waals surface area contributed by atoms with Crippen LogP contribution < -0.4 is 4.74 Å². The predicted octanol–water partition coefficient (Wildman–Crippen LogP) is 6.34. The standard InChI is InChI=1S/C25H19ClFNO3S/c26-22-15-20(27)9-8-19(22)16-28-24(29)23(32-25(28)30)14-18-6-10-21(11-7-18)31-13-12-17-4-2-1-3-5-17/h1-11,14-15H,12-13,16H2/b23-14-. The number of hydrogen-bond donors (Lipinski definition) is 0. The van der Waals surface area contributed by atoms with Gasteiger partial charge in [-0.05, 0) is 58.8 Å². The van der Waals surface area contributed by atoms with Crippen molar-refractivity contribution >= 4 is 40.6 Å². The van der Waals surface area contributed by atoms with Gasteiger partial charge in [-0.3, -0.25) is 14.5 Å². The molecule has 0 bridgehead atoms. The summed E-state index contributed by atoms with van der Waals surface area (Å²) in [5, 5.41) is -0.210. The Morgan fingerprint density at radius 3 is 2.47 bits per heavy atom. The van der Waals surface area contributed by atoms with E-state index in [0.717, 1.165) is 40.5 Å². The number of benzene rings is 3. The van der Waals surface area contributed by atoms with Gasteiger partial charge in [-0.15, -0.1) is 0 Å². The van der Waals surface area contributed by atoms with Crippen molar-refractivity contribution in [2.75, 3.05) is 6.61 Å². The fourth-order valence-electron chi connectivity index (χ4n) is 3.20. The van der Waals surface area contributed by atoms with Crippen molar-refractivity contribution in [2.24, 2.45) is 0 Å². The van der Waals surface area contributed by atoms with Crippen LogP contribution in [0.2, 0.25) is 5.02 Å². The number of ether oxygens (including phenoxy) is 1. The van der Waals surface area contributed by atoms with Gasteiger partial charge in [-0.2, -0.15) is 0 Å². The molecule has 0 aromatic heterocycles. The highest BCUT2D eigenvalue weighted by Gasteiger charge is 2.35. The Hall–Kier alpha value is -3.09. The SMILES string of the molecule is O=C1S/C(=C\c2ccc(OCCc3ccccc3)cc2)C(=O)N1Cc1ccc(F)cc1Cl. The van der Waals surface area contributed by atoms with Gasteiger partial charge in [0.05, 0.1) is 18.1 Å². The van der Waals surface area contributed by atoms with Gasteiger partial charge in [-0.25, -0.2) is 4.39 Å². The Balaban J connectivity index is 1.38. The number of rotatable bonds is 7. The third kappa shape index (κ3) is 5.39. The highest BCUT2D eigenvalue weighted by molar-refractivity contribution is 8.18. The second-order valence-electron chi connectivity index (χ2n) is 7.16. The summed E-state index contributed by atoms with van der Waals surface area (Å²) in [4.78, 5) is 26.5. The van der Waals surface area contributed by atoms with Crippen molar-refractivity contribution in [3.8, 4) is 5.75 Å². The Bertz CT molecular complexity index is 1170. The maximum atomic E-state index is 13.2. The summed E-state index contributed by atoms with van der Waals surface area (Å²) < 4.78 is 19.0. The van der Waals surface area contributed by atoms with Gasteiger partial charge < -0.3 is 4.74 Å². The molecule has 0 atom stereocenters. The van der Waals surface area contributed by atoms with Gasteiger partial charge in [0.1, 0.15) is 11.6 Å². The minimum atomic E-state index is -0.472. The minimum Gasteiger partial charge on any atom is -0.493 e. The predicted molar refractivity (Wildman–Crippen MR) is 125 cm³/mol. The van der Waals surface area contributed by atoms with Gasteiger partial charge in [0.2, 0.25) is 0 Å². The Kier molecular flexibility index (Phi) is 6.93. The first kappa shape index (κ1) is 22.1. The van der Waals surface area contributed by atoms with E-state index >= 15 is 0 Å². The molecule has 0 radical (unpaired) electrons. The molecule has 7 heteroatoms.